The summed E-state index contributed by atoms with van der Waals surface area (Å²) in [6, 6.07) is 17.1. The Morgan fingerprint density at radius 3 is 2.67 bits per heavy atom. The van der Waals surface area contributed by atoms with Crippen LogP contribution in [0.5, 0.6) is 0 Å². The van der Waals surface area contributed by atoms with Gasteiger partial charge < -0.3 is 5.32 Å². The molecule has 0 fully saturated rings. The molecule has 4 rings (SSSR count). The summed E-state index contributed by atoms with van der Waals surface area (Å²) in [5.41, 5.74) is 2.67. The van der Waals surface area contributed by atoms with E-state index < -0.39 is 5.25 Å². The van der Waals surface area contributed by atoms with Gasteiger partial charge in [0.15, 0.2) is 5.17 Å². The number of fused-ring (bicyclic) bond motifs is 3. The van der Waals surface area contributed by atoms with E-state index in [1.54, 1.807) is 4.90 Å². The van der Waals surface area contributed by atoms with Gasteiger partial charge in [0.1, 0.15) is 11.9 Å². The van der Waals surface area contributed by atoms with E-state index in [-0.39, 0.29) is 17.9 Å². The van der Waals surface area contributed by atoms with Gasteiger partial charge in [0, 0.05) is 12.1 Å². The zero-order valence-electron chi connectivity index (χ0n) is 17.0. The monoisotopic (exact) mass is 420 g/mol. The van der Waals surface area contributed by atoms with Crippen molar-refractivity contribution in [1.82, 2.24) is 10.2 Å². The highest BCUT2D eigenvalue weighted by Gasteiger charge is 2.41. The highest BCUT2D eigenvalue weighted by atomic mass is 32.2. The van der Waals surface area contributed by atoms with Crippen molar-refractivity contribution < 1.29 is 9.59 Å². The second kappa shape index (κ2) is 8.83. The van der Waals surface area contributed by atoms with E-state index >= 15 is 0 Å². The van der Waals surface area contributed by atoms with Crippen molar-refractivity contribution in [3.05, 3.63) is 65.7 Å². The van der Waals surface area contributed by atoms with Gasteiger partial charge in [-0.05, 0) is 31.0 Å². The maximum atomic E-state index is 13.0. The van der Waals surface area contributed by atoms with Gasteiger partial charge in [-0.3, -0.25) is 14.6 Å². The normalized spacial score (nSPS) is 18.3. The number of aliphatic imine (C=N–C) groups is 2. The molecular weight excluding hydrogens is 396 g/mol. The zero-order valence-corrected chi connectivity index (χ0v) is 17.9. The maximum absolute atomic E-state index is 13.0. The van der Waals surface area contributed by atoms with Crippen molar-refractivity contribution in [3.63, 3.8) is 0 Å². The molecule has 2 aromatic carbocycles. The summed E-state index contributed by atoms with van der Waals surface area (Å²) in [4.78, 5) is 36.7. The van der Waals surface area contributed by atoms with Gasteiger partial charge in [-0.1, -0.05) is 67.6 Å². The second-order valence-electron chi connectivity index (χ2n) is 7.31. The predicted molar refractivity (Wildman–Crippen MR) is 121 cm³/mol. The fourth-order valence-corrected chi connectivity index (χ4v) is 4.42. The number of rotatable bonds is 6. The molecule has 0 aromatic heterocycles. The lowest BCUT2D eigenvalue weighted by Crippen LogP contribution is -2.42. The molecule has 2 heterocycles. The zero-order chi connectivity index (χ0) is 21.1. The van der Waals surface area contributed by atoms with E-state index in [0.717, 1.165) is 23.2 Å². The van der Waals surface area contributed by atoms with Gasteiger partial charge in [-0.15, -0.1) is 0 Å². The van der Waals surface area contributed by atoms with Crippen LogP contribution in [-0.4, -0.2) is 39.0 Å². The number of hydrogen-bond acceptors (Lipinski definition) is 5. The molecule has 1 N–H and O–H groups in total. The summed E-state index contributed by atoms with van der Waals surface area (Å²) >= 11 is 1.29. The number of carbonyl (C=O) groups is 2. The topological polar surface area (TPSA) is 74.1 Å². The molecule has 6 nitrogen and oxygen atoms in total. The van der Waals surface area contributed by atoms with Gasteiger partial charge in [0.25, 0.3) is 5.91 Å². The third-order valence-corrected chi connectivity index (χ3v) is 6.12. The highest BCUT2D eigenvalue weighted by Crippen LogP contribution is 2.35. The number of benzene rings is 2. The van der Waals surface area contributed by atoms with Crippen LogP contribution in [0.15, 0.2) is 64.6 Å². The molecule has 2 aliphatic heterocycles. The van der Waals surface area contributed by atoms with Gasteiger partial charge in [-0.2, -0.15) is 0 Å². The summed E-state index contributed by atoms with van der Waals surface area (Å²) < 4.78 is 0. The van der Waals surface area contributed by atoms with Crippen LogP contribution in [0.4, 0.5) is 5.69 Å². The van der Waals surface area contributed by atoms with Crippen molar-refractivity contribution in [3.8, 4) is 0 Å². The fourth-order valence-electron chi connectivity index (χ4n) is 3.48. The minimum absolute atomic E-state index is 0.0653. The van der Waals surface area contributed by atoms with Crippen LogP contribution in [0.1, 0.15) is 37.8 Å². The molecule has 30 heavy (non-hydrogen) atoms. The summed E-state index contributed by atoms with van der Waals surface area (Å²) in [7, 11) is 0. The number of nitrogens with one attached hydrogen (secondary N) is 1. The van der Waals surface area contributed by atoms with Crippen molar-refractivity contribution in [2.24, 2.45) is 9.98 Å². The third-order valence-electron chi connectivity index (χ3n) is 5.07. The number of hydrogen-bond donors (Lipinski definition) is 1. The molecule has 0 radical (unpaired) electrons. The summed E-state index contributed by atoms with van der Waals surface area (Å²) in [6.45, 7) is 4.34. The van der Waals surface area contributed by atoms with E-state index in [0.29, 0.717) is 24.0 Å². The Hall–Kier alpha value is -2.93. The fraction of sp³-hybridized carbons (Fsp3) is 0.304. The van der Waals surface area contributed by atoms with Gasteiger partial charge in [0.2, 0.25) is 5.91 Å². The number of amidine groups is 2. The molecule has 2 amide bonds. The smallest absolute Gasteiger partial charge is 0.259 e. The first kappa shape index (κ1) is 20.3. The van der Waals surface area contributed by atoms with Crippen molar-refractivity contribution in [2.45, 2.75) is 44.5 Å². The molecule has 0 bridgehead atoms. The molecule has 154 valence electrons. The third kappa shape index (κ3) is 4.03. The Morgan fingerprint density at radius 1 is 1.17 bits per heavy atom. The lowest BCUT2D eigenvalue weighted by Gasteiger charge is -2.26. The Labute approximate surface area is 180 Å². The number of thioether (sulfide) groups is 1. The van der Waals surface area contributed by atoms with Gasteiger partial charge in [-0.25, -0.2) is 9.89 Å². The molecular formula is C23H24N4O2S. The van der Waals surface area contributed by atoms with Crippen LogP contribution < -0.4 is 5.32 Å². The van der Waals surface area contributed by atoms with Crippen LogP contribution in [0.25, 0.3) is 0 Å². The minimum Gasteiger partial charge on any atom is -0.351 e. The lowest BCUT2D eigenvalue weighted by atomic mass is 10.1. The van der Waals surface area contributed by atoms with Crippen LogP contribution >= 0.6 is 11.8 Å². The first-order valence-corrected chi connectivity index (χ1v) is 11.0. The molecule has 2 atom stereocenters. The highest BCUT2D eigenvalue weighted by molar-refractivity contribution is 8.15. The van der Waals surface area contributed by atoms with Crippen molar-refractivity contribution >= 4 is 40.3 Å². The standard InChI is InChI=1S/C23H24N4O2S/c1-3-9-19-22(29)27-20(25-19)17-12-7-8-13-18(17)26-23(27)30-15(2)21(28)24-14-16-10-5-4-6-11-16/h4-8,10-13,15,19H,3,9,14H2,1-2H3,(H,24,28)/t15-,19+/m0/s1. The molecule has 0 unspecified atom stereocenters. The Balaban J connectivity index is 1.53. The second-order valence-corrected chi connectivity index (χ2v) is 8.61. The van der Waals surface area contributed by atoms with Crippen LogP contribution in [0.3, 0.4) is 0 Å². The Morgan fingerprint density at radius 2 is 1.90 bits per heavy atom. The molecule has 0 saturated carbocycles. The first-order chi connectivity index (χ1) is 14.6. The maximum Gasteiger partial charge on any atom is 0.259 e. The SMILES string of the molecule is CCC[C@H]1N=C2c3ccccc3N=C(S[C@@H](C)C(=O)NCc3ccccc3)N2C1=O. The van der Waals surface area contributed by atoms with Gasteiger partial charge >= 0.3 is 0 Å². The van der Waals surface area contributed by atoms with Gasteiger partial charge in [0.05, 0.1) is 10.9 Å². The Kier molecular flexibility index (Phi) is 5.99. The van der Waals surface area contributed by atoms with E-state index in [4.69, 9.17) is 9.98 Å². The summed E-state index contributed by atoms with van der Waals surface area (Å²) in [5, 5.41) is 3.07. The quantitative estimate of drug-likeness (QED) is 0.771. The summed E-state index contributed by atoms with van der Waals surface area (Å²) in [6.07, 6.45) is 1.58. The molecule has 2 aromatic rings. The van der Waals surface area contributed by atoms with Crippen LogP contribution in [0, 0.1) is 0 Å². The molecule has 7 heteroatoms. The number of para-hydroxylation sites is 1. The largest absolute Gasteiger partial charge is 0.351 e. The van der Waals surface area contributed by atoms with Crippen LogP contribution in [-0.2, 0) is 16.1 Å². The van der Waals surface area contributed by atoms with Crippen LogP contribution in [0.2, 0.25) is 0 Å². The van der Waals surface area contributed by atoms with E-state index in [2.05, 4.69) is 5.32 Å². The average Bonchev–Trinajstić information content (AvgIpc) is 3.10. The van der Waals surface area contributed by atoms with E-state index in [1.165, 1.54) is 11.8 Å². The minimum atomic E-state index is -0.406. The Bertz CT molecular complexity index is 1020. The number of nitrogens with zero attached hydrogens (tertiary/aromatic N) is 3. The lowest BCUT2D eigenvalue weighted by molar-refractivity contribution is -0.124. The van der Waals surface area contributed by atoms with Crippen molar-refractivity contribution in [1.29, 1.82) is 0 Å². The molecule has 0 saturated heterocycles. The van der Waals surface area contributed by atoms with E-state index in [1.807, 2.05) is 68.4 Å². The number of carbonyl (C=O) groups excluding carboxylic acids is 2. The molecule has 2 aliphatic rings. The summed E-state index contributed by atoms with van der Waals surface area (Å²) in [5.74, 6) is 0.480. The average molecular weight is 421 g/mol. The first-order valence-electron chi connectivity index (χ1n) is 10.2. The molecule has 0 aliphatic carbocycles. The predicted octanol–water partition coefficient (Wildman–Crippen LogP) is 3.88. The van der Waals surface area contributed by atoms with E-state index in [9.17, 15) is 9.59 Å². The molecule has 0 spiro atoms. The number of amides is 2. The van der Waals surface area contributed by atoms with Crippen molar-refractivity contribution in [2.75, 3.05) is 0 Å².